The Labute approximate surface area is 153 Å². The summed E-state index contributed by atoms with van der Waals surface area (Å²) in [7, 11) is -2.18. The van der Waals surface area contributed by atoms with E-state index >= 15 is 0 Å². The van der Waals surface area contributed by atoms with Crippen LogP contribution in [0.1, 0.15) is 17.5 Å². The molecule has 1 saturated heterocycles. The minimum atomic E-state index is -3.44. The van der Waals surface area contributed by atoms with Gasteiger partial charge in [0.2, 0.25) is 10.0 Å². The Morgan fingerprint density at radius 1 is 1.08 bits per heavy atom. The summed E-state index contributed by atoms with van der Waals surface area (Å²) in [5.74, 6) is 0.144. The van der Waals surface area contributed by atoms with E-state index in [1.54, 1.807) is 12.1 Å². The van der Waals surface area contributed by atoms with Crippen molar-refractivity contribution in [2.45, 2.75) is 25.6 Å². The molecule has 0 aliphatic carbocycles. The van der Waals surface area contributed by atoms with Crippen LogP contribution in [0.3, 0.4) is 0 Å². The molecule has 2 aromatic rings. The van der Waals surface area contributed by atoms with E-state index in [9.17, 15) is 13.2 Å². The zero-order chi connectivity index (χ0) is 18.6. The van der Waals surface area contributed by atoms with Crippen molar-refractivity contribution < 1.29 is 22.7 Å². The van der Waals surface area contributed by atoms with Crippen LogP contribution in [-0.4, -0.2) is 37.6 Å². The van der Waals surface area contributed by atoms with Gasteiger partial charge in [0.05, 0.1) is 12.9 Å². The lowest BCUT2D eigenvalue weighted by atomic mass is 10.2. The van der Waals surface area contributed by atoms with Crippen LogP contribution in [0, 0.1) is 0 Å². The second-order valence-electron chi connectivity index (χ2n) is 6.11. The molecule has 3 rings (SSSR count). The number of carbonyl (C=O) groups excluding carboxylic acids is 1. The minimum absolute atomic E-state index is 0.0367. The maximum absolute atomic E-state index is 12.2. The molecule has 138 valence electrons. The van der Waals surface area contributed by atoms with Gasteiger partial charge in [-0.05, 0) is 29.7 Å². The lowest BCUT2D eigenvalue weighted by Gasteiger charge is -2.21. The number of carbonyl (C=O) groups is 1. The predicted molar refractivity (Wildman–Crippen MR) is 97.0 cm³/mol. The van der Waals surface area contributed by atoms with Crippen molar-refractivity contribution in [1.29, 1.82) is 0 Å². The van der Waals surface area contributed by atoms with Crippen molar-refractivity contribution in [3.8, 4) is 5.75 Å². The van der Waals surface area contributed by atoms with Crippen molar-refractivity contribution in [2.75, 3.05) is 12.9 Å². The number of sulfonamides is 1. The first-order valence-electron chi connectivity index (χ1n) is 8.32. The highest BCUT2D eigenvalue weighted by molar-refractivity contribution is 7.89. The van der Waals surface area contributed by atoms with Crippen molar-refractivity contribution in [3.05, 3.63) is 65.7 Å². The topological polar surface area (TPSA) is 72.9 Å². The van der Waals surface area contributed by atoms with E-state index in [2.05, 4.69) is 0 Å². The van der Waals surface area contributed by atoms with E-state index in [-0.39, 0.29) is 18.7 Å². The van der Waals surface area contributed by atoms with Gasteiger partial charge in [0.1, 0.15) is 18.4 Å². The van der Waals surface area contributed by atoms with Crippen LogP contribution in [0.5, 0.6) is 5.75 Å². The third-order valence-electron chi connectivity index (χ3n) is 4.34. The van der Waals surface area contributed by atoms with Gasteiger partial charge in [0.15, 0.2) is 0 Å². The average molecular weight is 375 g/mol. The second kappa shape index (κ2) is 7.88. The molecule has 0 amide bonds. The number of nitrogens with zero attached hydrogens (tertiary/aromatic N) is 1. The van der Waals surface area contributed by atoms with Gasteiger partial charge in [-0.3, -0.25) is 4.79 Å². The van der Waals surface area contributed by atoms with Crippen LogP contribution in [0.2, 0.25) is 0 Å². The molecule has 0 saturated carbocycles. The zero-order valence-corrected chi connectivity index (χ0v) is 15.3. The molecule has 0 N–H and O–H groups in total. The largest absolute Gasteiger partial charge is 0.489 e. The van der Waals surface area contributed by atoms with Gasteiger partial charge < -0.3 is 9.47 Å². The van der Waals surface area contributed by atoms with Crippen molar-refractivity contribution in [1.82, 2.24) is 4.31 Å². The quantitative estimate of drug-likeness (QED) is 0.725. The summed E-state index contributed by atoms with van der Waals surface area (Å²) < 4.78 is 36.1. The lowest BCUT2D eigenvalue weighted by Crippen LogP contribution is -2.38. The Morgan fingerprint density at radius 2 is 1.77 bits per heavy atom. The van der Waals surface area contributed by atoms with Crippen LogP contribution >= 0.6 is 0 Å². The van der Waals surface area contributed by atoms with Gasteiger partial charge in [-0.1, -0.05) is 42.5 Å². The third kappa shape index (κ3) is 4.23. The number of benzene rings is 2. The van der Waals surface area contributed by atoms with E-state index in [0.29, 0.717) is 12.4 Å². The molecule has 0 radical (unpaired) electrons. The molecule has 1 unspecified atom stereocenters. The highest BCUT2D eigenvalue weighted by Crippen LogP contribution is 2.25. The monoisotopic (exact) mass is 375 g/mol. The highest BCUT2D eigenvalue weighted by Gasteiger charge is 2.42. The fourth-order valence-corrected chi connectivity index (χ4v) is 4.59. The first kappa shape index (κ1) is 18.4. The van der Waals surface area contributed by atoms with Gasteiger partial charge in [0, 0.05) is 6.54 Å². The fraction of sp³-hybridized carbons (Fsp3) is 0.316. The first-order valence-corrected chi connectivity index (χ1v) is 9.93. The summed E-state index contributed by atoms with van der Waals surface area (Å²) in [6.45, 7) is 0.603. The Morgan fingerprint density at radius 3 is 2.42 bits per heavy atom. The molecule has 26 heavy (non-hydrogen) atoms. The molecule has 0 bridgehead atoms. The lowest BCUT2D eigenvalue weighted by molar-refractivity contribution is -0.144. The van der Waals surface area contributed by atoms with Crippen LogP contribution in [0.4, 0.5) is 0 Å². The van der Waals surface area contributed by atoms with Gasteiger partial charge in [-0.2, -0.15) is 4.31 Å². The molecule has 1 heterocycles. The normalized spacial score (nSPS) is 19.2. The summed E-state index contributed by atoms with van der Waals surface area (Å²) in [4.78, 5) is 11.8. The van der Waals surface area contributed by atoms with Crippen molar-refractivity contribution >= 4 is 16.0 Å². The van der Waals surface area contributed by atoms with Gasteiger partial charge in [-0.15, -0.1) is 0 Å². The molecule has 1 atom stereocenters. The Kier molecular flexibility index (Phi) is 5.58. The van der Waals surface area contributed by atoms with Crippen LogP contribution < -0.4 is 4.74 Å². The maximum Gasteiger partial charge on any atom is 0.324 e. The van der Waals surface area contributed by atoms with Crippen LogP contribution in [-0.2, 0) is 32.7 Å². The highest BCUT2D eigenvalue weighted by atomic mass is 32.2. The molecule has 7 heteroatoms. The summed E-state index contributed by atoms with van der Waals surface area (Å²) in [6.07, 6.45) is 0.257. The minimum Gasteiger partial charge on any atom is -0.489 e. The number of esters is 1. The number of ether oxygens (including phenoxy) is 2. The molecule has 1 aliphatic heterocycles. The molecule has 1 fully saturated rings. The van der Waals surface area contributed by atoms with Gasteiger partial charge in [0.25, 0.3) is 0 Å². The summed E-state index contributed by atoms with van der Waals surface area (Å²) in [6, 6.07) is 16.3. The molecule has 0 spiro atoms. The summed E-state index contributed by atoms with van der Waals surface area (Å²) in [5, 5.41) is 0. The van der Waals surface area contributed by atoms with Gasteiger partial charge in [-0.25, -0.2) is 8.42 Å². The van der Waals surface area contributed by atoms with Crippen LogP contribution in [0.15, 0.2) is 54.6 Å². The van der Waals surface area contributed by atoms with E-state index in [1.807, 2.05) is 42.5 Å². The van der Waals surface area contributed by atoms with E-state index in [4.69, 9.17) is 9.47 Å². The SMILES string of the molecule is COC(=O)C1CCS(=O)(=O)N1Cc1ccc(OCc2ccccc2)cc1. The fourth-order valence-electron chi connectivity index (χ4n) is 2.91. The maximum atomic E-state index is 12.2. The smallest absolute Gasteiger partial charge is 0.324 e. The zero-order valence-electron chi connectivity index (χ0n) is 14.5. The summed E-state index contributed by atoms with van der Waals surface area (Å²) >= 11 is 0. The Hall–Kier alpha value is -2.38. The molecular formula is C19H21NO5S. The number of rotatable bonds is 6. The Balaban J connectivity index is 1.65. The second-order valence-corrected chi connectivity index (χ2v) is 8.15. The number of methoxy groups -OCH3 is 1. The van der Waals surface area contributed by atoms with E-state index in [1.165, 1.54) is 11.4 Å². The molecule has 1 aliphatic rings. The molecule has 0 aromatic heterocycles. The summed E-state index contributed by atoms with van der Waals surface area (Å²) in [5.41, 5.74) is 1.86. The molecule has 2 aromatic carbocycles. The Bertz CT molecular complexity index is 849. The first-order chi connectivity index (χ1) is 12.5. The predicted octanol–water partition coefficient (Wildman–Crippen LogP) is 2.34. The van der Waals surface area contributed by atoms with Gasteiger partial charge >= 0.3 is 5.97 Å². The third-order valence-corrected chi connectivity index (χ3v) is 6.19. The standard InChI is InChI=1S/C19H21NO5S/c1-24-19(21)18-11-12-26(22,23)20(18)13-15-7-9-17(10-8-15)25-14-16-5-3-2-4-6-16/h2-10,18H,11-14H2,1H3. The van der Waals surface area contributed by atoms with Crippen LogP contribution in [0.25, 0.3) is 0 Å². The van der Waals surface area contributed by atoms with E-state index < -0.39 is 22.0 Å². The molecular weight excluding hydrogens is 354 g/mol. The number of hydrogen-bond acceptors (Lipinski definition) is 5. The van der Waals surface area contributed by atoms with Crippen molar-refractivity contribution in [3.63, 3.8) is 0 Å². The molecule has 6 nitrogen and oxygen atoms in total. The number of hydrogen-bond donors (Lipinski definition) is 0. The average Bonchev–Trinajstić information content (AvgIpc) is 2.96. The van der Waals surface area contributed by atoms with E-state index in [0.717, 1.165) is 11.1 Å². The van der Waals surface area contributed by atoms with Crippen molar-refractivity contribution in [2.24, 2.45) is 0 Å².